The molecular formula is C39H65IN2O14. The van der Waals surface area contributed by atoms with Crippen molar-refractivity contribution in [2.75, 3.05) is 34.4 Å². The molecule has 17 heteroatoms. The number of ether oxygens (including phenoxy) is 7. The molecule has 2 fully saturated rings. The molecule has 0 saturated carbocycles. The molecule has 0 spiro atoms. The number of carbonyl (C=O) groups excluding carboxylic acids is 2. The number of aliphatic hydroxyl groups is 5. The van der Waals surface area contributed by atoms with Crippen molar-refractivity contribution in [2.45, 2.75) is 158 Å². The van der Waals surface area contributed by atoms with Gasteiger partial charge < -0.3 is 68.5 Å². The van der Waals surface area contributed by atoms with Crippen LogP contribution in [0.1, 0.15) is 81.1 Å². The number of nitrogens with zero attached hydrogens (tertiary/aromatic N) is 2. The first-order valence-electron chi connectivity index (χ1n) is 19.2. The Morgan fingerprint density at radius 1 is 1.09 bits per heavy atom. The molecule has 3 heterocycles. The molecule has 3 rings (SSSR count). The van der Waals surface area contributed by atoms with Gasteiger partial charge in [0.1, 0.15) is 42.0 Å². The number of allylic oxidation sites excluding steroid dienone is 1. The van der Waals surface area contributed by atoms with Crippen molar-refractivity contribution < 1.29 is 68.3 Å². The monoisotopic (exact) mass is 912 g/mol. The average Bonchev–Trinajstić information content (AvgIpc) is 3.13. The van der Waals surface area contributed by atoms with E-state index in [0.29, 0.717) is 6.54 Å². The molecule has 16 nitrogen and oxygen atoms in total. The molecule has 3 aliphatic heterocycles. The third kappa shape index (κ3) is 11.4. The van der Waals surface area contributed by atoms with Gasteiger partial charge in [-0.15, -0.1) is 12.3 Å². The fourth-order valence-electron chi connectivity index (χ4n) is 7.58. The first kappa shape index (κ1) is 48.4. The van der Waals surface area contributed by atoms with Gasteiger partial charge in [-0.3, -0.25) is 4.79 Å². The summed E-state index contributed by atoms with van der Waals surface area (Å²) in [7, 11) is 4.74. The molecule has 1 unspecified atom stereocenters. The number of methoxy groups -OCH3 is 1. The molecule has 0 radical (unpaired) electrons. The van der Waals surface area contributed by atoms with Gasteiger partial charge >= 0.3 is 12.1 Å². The maximum absolute atomic E-state index is 14.0. The van der Waals surface area contributed by atoms with Crippen LogP contribution in [0, 0.1) is 30.1 Å². The average molecular weight is 913 g/mol. The van der Waals surface area contributed by atoms with Crippen LogP contribution in [-0.2, 0) is 38.0 Å². The zero-order valence-corrected chi connectivity index (χ0v) is 36.7. The van der Waals surface area contributed by atoms with Crippen LogP contribution in [0.15, 0.2) is 11.5 Å². The molecule has 5 N–H and O–H groups in total. The Balaban J connectivity index is 2.13. The minimum absolute atomic E-state index is 0.00168. The van der Waals surface area contributed by atoms with Crippen molar-refractivity contribution in [1.82, 2.24) is 9.80 Å². The summed E-state index contributed by atoms with van der Waals surface area (Å²) in [5.74, 6) is -0.951. The van der Waals surface area contributed by atoms with Gasteiger partial charge in [0, 0.05) is 51.9 Å². The Bertz CT molecular complexity index is 1400. The zero-order chi connectivity index (χ0) is 42.4. The number of hydrogen-bond donors (Lipinski definition) is 5. The number of rotatable bonds is 8. The minimum atomic E-state index is -1.87. The second-order valence-corrected chi connectivity index (χ2v) is 17.4. The Kier molecular flexibility index (Phi) is 17.6. The lowest BCUT2D eigenvalue weighted by atomic mass is 9.87. The molecule has 0 bridgehead atoms. The highest BCUT2D eigenvalue weighted by atomic mass is 127. The summed E-state index contributed by atoms with van der Waals surface area (Å²) in [5.41, 5.74) is -2.95. The number of terminal acetylenes is 1. The molecule has 1 amide bonds. The largest absolute Gasteiger partial charge is 0.509 e. The standard InChI is InChI=1S/C39H65IN2O14/c1-13-14-15-51-37(48)42(11)26-17-21(3)52-35(29(26)44)55-31-22(4)30(54-28-18-38(8,50-12)33(46)25(7)53-28)23(5)34(47)56-36(40)39(9,49)32(45)24(6)41(10)19-20(2)16-27(31)43/h1,20-26,28-30,32-33,35-36,43-46,49H,14-19H2,2-12H3/b31-27-/t20-,21-,22?,23-,24-,25+,26+,28+,29-,30+,32-,33+,35+,36+,38-,39+/m1/s1. The summed E-state index contributed by atoms with van der Waals surface area (Å²) in [6.45, 7) is 13.8. The van der Waals surface area contributed by atoms with Crippen LogP contribution in [0.4, 0.5) is 4.79 Å². The lowest BCUT2D eigenvalue weighted by molar-refractivity contribution is -0.296. The Morgan fingerprint density at radius 3 is 2.34 bits per heavy atom. The van der Waals surface area contributed by atoms with E-state index in [9.17, 15) is 35.1 Å². The smallest absolute Gasteiger partial charge is 0.409 e. The van der Waals surface area contributed by atoms with Crippen LogP contribution in [0.25, 0.3) is 0 Å². The van der Waals surface area contributed by atoms with E-state index in [0.717, 1.165) is 0 Å². The number of hydrogen-bond acceptors (Lipinski definition) is 15. The number of cyclic esters (lactones) is 1. The third-order valence-corrected chi connectivity index (χ3v) is 13.0. The first-order chi connectivity index (χ1) is 26.0. The maximum Gasteiger partial charge on any atom is 0.409 e. The number of alkyl halides is 1. The molecule has 0 aromatic heterocycles. The van der Waals surface area contributed by atoms with Gasteiger partial charge in [-0.1, -0.05) is 13.8 Å². The first-order valence-corrected chi connectivity index (χ1v) is 20.5. The number of carbonyl (C=O) groups is 2. The van der Waals surface area contributed by atoms with Crippen molar-refractivity contribution in [2.24, 2.45) is 17.8 Å². The van der Waals surface area contributed by atoms with Gasteiger partial charge in [0.15, 0.2) is 10.4 Å². The van der Waals surface area contributed by atoms with E-state index in [1.54, 1.807) is 71.2 Å². The van der Waals surface area contributed by atoms with Crippen LogP contribution in [0.2, 0.25) is 0 Å². The third-order valence-electron chi connectivity index (χ3n) is 11.5. The molecule has 0 aromatic rings. The second-order valence-electron chi connectivity index (χ2n) is 16.2. The number of aliphatic hydroxyl groups excluding tert-OH is 4. The van der Waals surface area contributed by atoms with Crippen molar-refractivity contribution in [3.8, 4) is 12.3 Å². The summed E-state index contributed by atoms with van der Waals surface area (Å²) in [6, 6.07) is -1.41. The Hall–Kier alpha value is -1.99. The molecule has 2 saturated heterocycles. The van der Waals surface area contributed by atoms with Gasteiger partial charge in [-0.2, -0.15) is 0 Å². The van der Waals surface area contributed by atoms with Gasteiger partial charge in [-0.05, 0) is 83.5 Å². The minimum Gasteiger partial charge on any atom is -0.509 e. The van der Waals surface area contributed by atoms with E-state index in [4.69, 9.17) is 39.6 Å². The van der Waals surface area contributed by atoms with Gasteiger partial charge in [0.05, 0.1) is 35.9 Å². The quantitative estimate of drug-likeness (QED) is 0.0781. The van der Waals surface area contributed by atoms with E-state index in [-0.39, 0.29) is 49.7 Å². The van der Waals surface area contributed by atoms with Crippen molar-refractivity contribution >= 4 is 34.7 Å². The Morgan fingerprint density at radius 2 is 1.73 bits per heavy atom. The number of halogens is 1. The predicted octanol–water partition coefficient (Wildman–Crippen LogP) is 3.06. The lowest BCUT2D eigenvalue weighted by Gasteiger charge is -2.46. The van der Waals surface area contributed by atoms with Gasteiger partial charge in [0.25, 0.3) is 0 Å². The number of likely N-dealkylation sites (N-methyl/N-ethyl adjacent to an activating group) is 2. The SMILES string of the molecule is C#CCCOC(=O)N(C)[C@H]1C[C@@H](C)O[C@@H](O/C2=C(\O)C[C@@H](C)CN(C)[C@H](C)[C@@H](O)[C@](C)(O)[C@@H](I)OC(=O)[C@H](C)[C@@H](O[C@H]3C[C@@](C)(OC)[C@@H](O)[C@H](C)O3)C2C)[C@@H]1O. The van der Waals surface area contributed by atoms with Crippen LogP contribution >= 0.6 is 22.6 Å². The van der Waals surface area contributed by atoms with Crippen LogP contribution in [0.3, 0.4) is 0 Å². The van der Waals surface area contributed by atoms with Crippen molar-refractivity contribution in [3.05, 3.63) is 11.5 Å². The van der Waals surface area contributed by atoms with Gasteiger partial charge in [-0.25, -0.2) is 4.79 Å². The molecule has 16 atom stereocenters. The molecule has 322 valence electrons. The predicted molar refractivity (Wildman–Crippen MR) is 212 cm³/mol. The molecule has 56 heavy (non-hydrogen) atoms. The highest BCUT2D eigenvalue weighted by Gasteiger charge is 2.50. The fraction of sp³-hybridized carbons (Fsp3) is 0.846. The summed E-state index contributed by atoms with van der Waals surface area (Å²) in [5, 5.41) is 57.4. The van der Waals surface area contributed by atoms with E-state index < -0.39 is 100 Å². The lowest BCUT2D eigenvalue weighted by Crippen LogP contribution is -2.58. The topological polar surface area (TPSA) is 206 Å². The summed E-state index contributed by atoms with van der Waals surface area (Å²) >= 11 is 1.79. The van der Waals surface area contributed by atoms with Crippen LogP contribution in [-0.4, -0.2) is 158 Å². The fourth-order valence-corrected chi connectivity index (χ4v) is 8.19. The van der Waals surface area contributed by atoms with E-state index in [1.807, 2.05) is 11.8 Å². The summed E-state index contributed by atoms with van der Waals surface area (Å²) in [6.07, 6.45) is -3.37. The van der Waals surface area contributed by atoms with Gasteiger partial charge in [0.2, 0.25) is 6.29 Å². The van der Waals surface area contributed by atoms with Crippen molar-refractivity contribution in [3.63, 3.8) is 0 Å². The normalized spacial score (nSPS) is 43.7. The number of esters is 1. The van der Waals surface area contributed by atoms with Crippen LogP contribution in [0.5, 0.6) is 0 Å². The molecule has 0 aromatic carbocycles. The number of amides is 1. The molecular weight excluding hydrogens is 847 g/mol. The molecule has 3 aliphatic rings. The highest BCUT2D eigenvalue weighted by molar-refractivity contribution is 14.1. The maximum atomic E-state index is 14.0. The Labute approximate surface area is 345 Å². The van der Waals surface area contributed by atoms with E-state index in [2.05, 4.69) is 5.92 Å². The molecule has 0 aliphatic carbocycles. The van der Waals surface area contributed by atoms with Crippen molar-refractivity contribution in [1.29, 1.82) is 0 Å². The summed E-state index contributed by atoms with van der Waals surface area (Å²) < 4.78 is 40.9. The highest BCUT2D eigenvalue weighted by Crippen LogP contribution is 2.39. The van der Waals surface area contributed by atoms with E-state index >= 15 is 0 Å². The van der Waals surface area contributed by atoms with E-state index in [1.165, 1.54) is 26.0 Å². The zero-order valence-electron chi connectivity index (χ0n) is 34.6. The van der Waals surface area contributed by atoms with Crippen LogP contribution < -0.4 is 0 Å². The second kappa shape index (κ2) is 20.3. The summed E-state index contributed by atoms with van der Waals surface area (Å²) in [4.78, 5) is 30.0.